The average Bonchev–Trinajstić information content (AvgIpc) is 3.15. The molecule has 162 valence electrons. The van der Waals surface area contributed by atoms with Crippen molar-refractivity contribution in [2.75, 3.05) is 24.2 Å². The van der Waals surface area contributed by atoms with Crippen molar-refractivity contribution in [1.82, 2.24) is 10.3 Å². The molecule has 2 N–H and O–H groups in total. The number of ether oxygens (including phenoxy) is 1. The van der Waals surface area contributed by atoms with Gasteiger partial charge in [0.25, 0.3) is 5.91 Å². The molecule has 1 aromatic heterocycles. The lowest BCUT2D eigenvalue weighted by atomic mass is 10.1. The van der Waals surface area contributed by atoms with Crippen molar-refractivity contribution in [3.05, 3.63) is 53.1 Å². The van der Waals surface area contributed by atoms with Crippen LogP contribution >= 0.6 is 23.1 Å². The molecule has 0 unspecified atom stereocenters. The van der Waals surface area contributed by atoms with Gasteiger partial charge in [-0.05, 0) is 44.0 Å². The Morgan fingerprint density at radius 1 is 1.06 bits per heavy atom. The number of carbonyl (C=O) groups is 3. The predicted molar refractivity (Wildman–Crippen MR) is 124 cm³/mol. The molecule has 0 aliphatic rings. The van der Waals surface area contributed by atoms with Crippen LogP contribution in [0.5, 0.6) is 0 Å². The minimum absolute atomic E-state index is 0.0551. The van der Waals surface area contributed by atoms with Crippen LogP contribution in [0.1, 0.15) is 16.7 Å². The zero-order chi connectivity index (χ0) is 22.4. The fourth-order valence-corrected chi connectivity index (χ4v) is 4.88. The molecular formula is C22H23N3O4S2. The first-order chi connectivity index (χ1) is 14.8. The number of anilines is 1. The van der Waals surface area contributed by atoms with Gasteiger partial charge in [-0.2, -0.15) is 0 Å². The Kier molecular flexibility index (Phi) is 7.64. The van der Waals surface area contributed by atoms with Crippen molar-refractivity contribution in [2.24, 2.45) is 0 Å². The van der Waals surface area contributed by atoms with E-state index >= 15 is 0 Å². The van der Waals surface area contributed by atoms with E-state index in [1.807, 2.05) is 57.2 Å². The zero-order valence-electron chi connectivity index (χ0n) is 17.5. The molecule has 0 saturated heterocycles. The minimum Gasteiger partial charge on any atom is -0.455 e. The number of amides is 2. The van der Waals surface area contributed by atoms with E-state index < -0.39 is 18.5 Å². The van der Waals surface area contributed by atoms with Gasteiger partial charge < -0.3 is 15.4 Å². The topological polar surface area (TPSA) is 97.4 Å². The number of aryl methyl sites for hydroxylation is 3. The van der Waals surface area contributed by atoms with Gasteiger partial charge in [0.15, 0.2) is 10.9 Å². The molecule has 9 heteroatoms. The number of hydrogen-bond donors (Lipinski definition) is 2. The van der Waals surface area contributed by atoms with Crippen LogP contribution in [-0.2, 0) is 19.1 Å². The Morgan fingerprint density at radius 3 is 2.48 bits per heavy atom. The third-order valence-electron chi connectivity index (χ3n) is 4.34. The molecule has 0 aliphatic carbocycles. The molecule has 0 aliphatic heterocycles. The van der Waals surface area contributed by atoms with E-state index in [2.05, 4.69) is 15.6 Å². The molecule has 0 bridgehead atoms. The lowest BCUT2D eigenvalue weighted by molar-refractivity contribution is -0.146. The van der Waals surface area contributed by atoms with Gasteiger partial charge in [-0.3, -0.25) is 14.4 Å². The number of benzene rings is 2. The molecule has 0 atom stereocenters. The van der Waals surface area contributed by atoms with E-state index in [0.717, 1.165) is 36.9 Å². The molecule has 0 radical (unpaired) electrons. The van der Waals surface area contributed by atoms with E-state index in [1.165, 1.54) is 23.1 Å². The first-order valence-electron chi connectivity index (χ1n) is 9.60. The van der Waals surface area contributed by atoms with E-state index in [9.17, 15) is 14.4 Å². The monoisotopic (exact) mass is 457 g/mol. The maximum Gasteiger partial charge on any atom is 0.316 e. The number of thiazole rings is 1. The van der Waals surface area contributed by atoms with Crippen LogP contribution < -0.4 is 10.6 Å². The number of para-hydroxylation sites is 1. The van der Waals surface area contributed by atoms with Crippen molar-refractivity contribution in [3.63, 3.8) is 0 Å². The number of carbonyl (C=O) groups excluding carboxylic acids is 3. The summed E-state index contributed by atoms with van der Waals surface area (Å²) in [4.78, 5) is 40.3. The molecule has 0 fully saturated rings. The number of hydrogen-bond acceptors (Lipinski definition) is 7. The molecule has 2 amide bonds. The summed E-state index contributed by atoms with van der Waals surface area (Å²) in [5.74, 6) is -1.35. The lowest BCUT2D eigenvalue weighted by Gasteiger charge is -2.13. The Labute approximate surface area is 188 Å². The third kappa shape index (κ3) is 6.53. The van der Waals surface area contributed by atoms with Gasteiger partial charge in [0, 0.05) is 5.69 Å². The standard InChI is InChI=1S/C22H23N3O4S2/c1-13-8-14(2)21(15(3)9-13)25-18(26)10-23-19(27)11-29-20(28)12-30-22-24-16-6-4-5-7-17(16)31-22/h4-9H,10-12H2,1-3H3,(H,23,27)(H,25,26). The highest BCUT2D eigenvalue weighted by atomic mass is 32.2. The summed E-state index contributed by atoms with van der Waals surface area (Å²) in [5, 5.41) is 5.26. The van der Waals surface area contributed by atoms with Crippen molar-refractivity contribution >= 4 is 56.8 Å². The number of nitrogens with zero attached hydrogens (tertiary/aromatic N) is 1. The van der Waals surface area contributed by atoms with Crippen LogP contribution in [0.4, 0.5) is 5.69 Å². The van der Waals surface area contributed by atoms with E-state index in [4.69, 9.17) is 4.74 Å². The normalized spacial score (nSPS) is 10.7. The van der Waals surface area contributed by atoms with E-state index in [1.54, 1.807) is 0 Å². The van der Waals surface area contributed by atoms with Crippen LogP contribution in [0, 0.1) is 20.8 Å². The van der Waals surface area contributed by atoms with Crippen molar-refractivity contribution in [1.29, 1.82) is 0 Å². The number of aromatic nitrogens is 1. The fraction of sp³-hybridized carbons (Fsp3) is 0.273. The molecule has 0 saturated carbocycles. The maximum absolute atomic E-state index is 12.1. The second-order valence-electron chi connectivity index (χ2n) is 7.00. The van der Waals surface area contributed by atoms with Gasteiger partial charge in [0.1, 0.15) is 0 Å². The third-order valence-corrected chi connectivity index (χ3v) is 6.49. The summed E-state index contributed by atoms with van der Waals surface area (Å²) in [6.45, 7) is 5.18. The number of fused-ring (bicyclic) bond motifs is 1. The second kappa shape index (κ2) is 10.4. The molecule has 2 aromatic carbocycles. The lowest BCUT2D eigenvalue weighted by Crippen LogP contribution is -2.36. The van der Waals surface area contributed by atoms with Crippen LogP contribution in [0.15, 0.2) is 40.7 Å². The number of nitrogens with one attached hydrogen (secondary N) is 2. The molecular weight excluding hydrogens is 434 g/mol. The maximum atomic E-state index is 12.1. The van der Waals surface area contributed by atoms with E-state index in [0.29, 0.717) is 0 Å². The quantitative estimate of drug-likeness (QED) is 0.396. The highest BCUT2D eigenvalue weighted by molar-refractivity contribution is 8.01. The highest BCUT2D eigenvalue weighted by Gasteiger charge is 2.13. The zero-order valence-corrected chi connectivity index (χ0v) is 19.1. The Bertz CT molecular complexity index is 1070. The molecule has 0 spiro atoms. The van der Waals surface area contributed by atoms with E-state index in [-0.39, 0.29) is 18.2 Å². The number of thioether (sulfide) groups is 1. The van der Waals surface area contributed by atoms with Gasteiger partial charge in [-0.25, -0.2) is 4.98 Å². The first-order valence-corrected chi connectivity index (χ1v) is 11.4. The van der Waals surface area contributed by atoms with Gasteiger partial charge >= 0.3 is 5.97 Å². The summed E-state index contributed by atoms with van der Waals surface area (Å²) in [6.07, 6.45) is 0. The van der Waals surface area contributed by atoms with Gasteiger partial charge in [-0.15, -0.1) is 11.3 Å². The van der Waals surface area contributed by atoms with Crippen molar-refractivity contribution < 1.29 is 19.1 Å². The smallest absolute Gasteiger partial charge is 0.316 e. The minimum atomic E-state index is -0.536. The number of esters is 1. The fourth-order valence-electron chi connectivity index (χ4n) is 3.01. The van der Waals surface area contributed by atoms with Gasteiger partial charge in [-0.1, -0.05) is 41.6 Å². The van der Waals surface area contributed by atoms with Crippen LogP contribution in [0.3, 0.4) is 0 Å². The Hall–Kier alpha value is -2.91. The van der Waals surface area contributed by atoms with Crippen LogP contribution in [0.2, 0.25) is 0 Å². The predicted octanol–water partition coefficient (Wildman–Crippen LogP) is 3.61. The first kappa shape index (κ1) is 22.8. The summed E-state index contributed by atoms with van der Waals surface area (Å²) in [7, 11) is 0. The van der Waals surface area contributed by atoms with Gasteiger partial charge in [0.05, 0.1) is 22.5 Å². The molecule has 3 rings (SSSR count). The Balaban J connectivity index is 1.37. The molecule has 7 nitrogen and oxygen atoms in total. The average molecular weight is 458 g/mol. The second-order valence-corrected chi connectivity index (χ2v) is 9.25. The summed E-state index contributed by atoms with van der Waals surface area (Å²) in [6, 6.07) is 11.7. The summed E-state index contributed by atoms with van der Waals surface area (Å²) >= 11 is 2.76. The Morgan fingerprint density at radius 2 is 1.77 bits per heavy atom. The molecule has 3 aromatic rings. The largest absolute Gasteiger partial charge is 0.455 e. The SMILES string of the molecule is Cc1cc(C)c(NC(=O)CNC(=O)COC(=O)CSc2nc3ccccc3s2)c(C)c1. The molecule has 31 heavy (non-hydrogen) atoms. The van der Waals surface area contributed by atoms with Crippen molar-refractivity contribution in [2.45, 2.75) is 25.1 Å². The number of rotatable bonds is 8. The van der Waals surface area contributed by atoms with Crippen molar-refractivity contribution in [3.8, 4) is 0 Å². The van der Waals surface area contributed by atoms with Gasteiger partial charge in [0.2, 0.25) is 5.91 Å². The summed E-state index contributed by atoms with van der Waals surface area (Å²) < 4.78 is 6.79. The van der Waals surface area contributed by atoms with Crippen LogP contribution in [-0.4, -0.2) is 41.7 Å². The highest BCUT2D eigenvalue weighted by Crippen LogP contribution is 2.29. The van der Waals surface area contributed by atoms with Crippen LogP contribution in [0.25, 0.3) is 10.2 Å². The summed E-state index contributed by atoms with van der Waals surface area (Å²) in [5.41, 5.74) is 4.65. The molecule has 1 heterocycles.